The summed E-state index contributed by atoms with van der Waals surface area (Å²) in [7, 11) is -4.00. The third-order valence-corrected chi connectivity index (χ3v) is 16.0. The molecule has 2 aliphatic heterocycles. The zero-order valence-electron chi connectivity index (χ0n) is 36.9. The molecule has 6 heteroatoms. The van der Waals surface area contributed by atoms with Gasteiger partial charge < -0.3 is 9.80 Å². The summed E-state index contributed by atoms with van der Waals surface area (Å²) < 4.78 is 31.0. The minimum absolute atomic E-state index is 0.240. The number of sulfone groups is 1. The molecule has 0 radical (unpaired) electrons. The minimum atomic E-state index is -4.00. The van der Waals surface area contributed by atoms with Gasteiger partial charge in [0.15, 0.2) is 0 Å². The van der Waals surface area contributed by atoms with Crippen LogP contribution < -0.4 is 9.80 Å². The molecule has 326 valence electrons. The molecule has 4 nitrogen and oxygen atoms in total. The number of rotatable bonds is 8. The molecule has 0 aliphatic carbocycles. The maximum absolute atomic E-state index is 15.1. The lowest BCUT2D eigenvalue weighted by Gasteiger charge is -2.51. The van der Waals surface area contributed by atoms with Crippen LogP contribution in [-0.2, 0) is 21.8 Å². The topological polar surface area (TPSA) is 40.6 Å². The minimum Gasteiger partial charge on any atom is -0.336 e. The van der Waals surface area contributed by atoms with Crippen LogP contribution in [0.25, 0.3) is 33.4 Å². The zero-order chi connectivity index (χ0) is 45.8. The van der Waals surface area contributed by atoms with E-state index >= 15 is 8.42 Å². The van der Waals surface area contributed by atoms with Crippen molar-refractivity contribution in [2.24, 2.45) is 0 Å². The van der Waals surface area contributed by atoms with Crippen molar-refractivity contribution in [2.75, 3.05) is 9.80 Å². The summed E-state index contributed by atoms with van der Waals surface area (Å²) >= 11 is 3.52. The summed E-state index contributed by atoms with van der Waals surface area (Å²) in [4.78, 5) is 5.27. The Morgan fingerprint density at radius 1 is 0.382 bits per heavy atom. The number of halogens is 1. The summed E-state index contributed by atoms with van der Waals surface area (Å²) in [6.45, 7) is 0.283. The van der Waals surface area contributed by atoms with E-state index in [1.807, 2.05) is 42.5 Å². The molecule has 10 aromatic rings. The van der Waals surface area contributed by atoms with E-state index in [2.05, 4.69) is 208 Å². The van der Waals surface area contributed by atoms with Gasteiger partial charge in [0.25, 0.3) is 0 Å². The number of para-hydroxylation sites is 3. The molecule has 12 rings (SSSR count). The molecule has 0 saturated carbocycles. The third-order valence-electron chi connectivity index (χ3n) is 13.6. The maximum Gasteiger partial charge on any atom is 0.206 e. The van der Waals surface area contributed by atoms with E-state index in [-0.39, 0.29) is 16.3 Å². The Morgan fingerprint density at radius 3 is 1.31 bits per heavy atom. The Balaban J connectivity index is 1.16. The predicted molar refractivity (Wildman–Crippen MR) is 281 cm³/mol. The van der Waals surface area contributed by atoms with Crippen molar-refractivity contribution in [1.29, 1.82) is 0 Å². The Labute approximate surface area is 406 Å². The summed E-state index contributed by atoms with van der Waals surface area (Å²) in [6, 6.07) is 86.1. The molecule has 0 amide bonds. The van der Waals surface area contributed by atoms with Crippen LogP contribution in [0.15, 0.2) is 263 Å². The van der Waals surface area contributed by atoms with Gasteiger partial charge in [0.1, 0.15) is 0 Å². The van der Waals surface area contributed by atoms with Crippen LogP contribution in [0.4, 0.5) is 28.4 Å². The highest BCUT2D eigenvalue weighted by molar-refractivity contribution is 9.10. The molecule has 0 bridgehead atoms. The molecule has 0 saturated heterocycles. The molecule has 2 heterocycles. The molecule has 1 spiro atoms. The van der Waals surface area contributed by atoms with Crippen molar-refractivity contribution in [1.82, 2.24) is 0 Å². The first-order valence-corrected chi connectivity index (χ1v) is 25.1. The lowest BCUT2D eigenvalue weighted by Crippen LogP contribution is -2.42. The highest BCUT2D eigenvalue weighted by Crippen LogP contribution is 2.64. The number of benzene rings is 10. The van der Waals surface area contributed by atoms with Crippen molar-refractivity contribution in [3.63, 3.8) is 0 Å². The van der Waals surface area contributed by atoms with Gasteiger partial charge in [0.2, 0.25) is 9.84 Å². The van der Waals surface area contributed by atoms with Crippen LogP contribution in [0.1, 0.15) is 27.8 Å². The normalized spacial score (nSPS) is 13.3. The highest BCUT2D eigenvalue weighted by atomic mass is 79.9. The number of fused-ring (bicyclic) bond motifs is 8. The van der Waals surface area contributed by atoms with Gasteiger partial charge in [-0.3, -0.25) is 0 Å². The smallest absolute Gasteiger partial charge is 0.206 e. The maximum atomic E-state index is 15.1. The van der Waals surface area contributed by atoms with E-state index in [9.17, 15) is 0 Å². The van der Waals surface area contributed by atoms with Crippen LogP contribution in [0, 0.1) is 0 Å². The van der Waals surface area contributed by atoms with Gasteiger partial charge in [0.05, 0.1) is 26.6 Å². The van der Waals surface area contributed by atoms with Crippen molar-refractivity contribution in [2.45, 2.75) is 21.8 Å². The summed E-state index contributed by atoms with van der Waals surface area (Å²) in [6.07, 6.45) is 0. The number of hydrogen-bond acceptors (Lipinski definition) is 4. The van der Waals surface area contributed by atoms with E-state index in [0.29, 0.717) is 5.56 Å². The molecule has 68 heavy (non-hydrogen) atoms. The van der Waals surface area contributed by atoms with E-state index < -0.39 is 15.3 Å². The van der Waals surface area contributed by atoms with Gasteiger partial charge >= 0.3 is 0 Å². The quantitative estimate of drug-likeness (QED) is 0.152. The van der Waals surface area contributed by atoms with Crippen molar-refractivity contribution < 1.29 is 8.42 Å². The Kier molecular flexibility index (Phi) is 10.3. The third kappa shape index (κ3) is 6.82. The van der Waals surface area contributed by atoms with E-state index in [1.165, 1.54) is 0 Å². The average Bonchev–Trinajstić information content (AvgIpc) is 3.40. The first kappa shape index (κ1) is 41.6. The van der Waals surface area contributed by atoms with Gasteiger partial charge in [0, 0.05) is 28.1 Å². The lowest BCUT2D eigenvalue weighted by molar-refractivity contribution is 0.594. The van der Waals surface area contributed by atoms with Crippen LogP contribution in [-0.4, -0.2) is 8.42 Å². The Hall–Kier alpha value is -7.77. The molecule has 2 aliphatic rings. The second-order valence-electron chi connectivity index (χ2n) is 17.4. The van der Waals surface area contributed by atoms with Crippen molar-refractivity contribution in [3.8, 4) is 33.4 Å². The fourth-order valence-corrected chi connectivity index (χ4v) is 12.3. The SMILES string of the molecule is O=S(=O)(c1ccc(Br)cc1)c1cc(-c2ccccc2)ccc1CN1c2ccc(-c3ccccc3)cc2C2(c3cc(-c4ccccc4)ccc31)c1ccccc1N(c1ccccc1)c1ccccc12. The second kappa shape index (κ2) is 16.8. The predicted octanol–water partition coefficient (Wildman–Crippen LogP) is 16.1. The van der Waals surface area contributed by atoms with Crippen molar-refractivity contribution >= 4 is 54.2 Å². The molecule has 0 N–H and O–H groups in total. The fourth-order valence-electron chi connectivity index (χ4n) is 10.5. The molecular formula is C62H43BrN2O2S. The summed E-state index contributed by atoms with van der Waals surface area (Å²) in [5, 5.41) is 0. The van der Waals surface area contributed by atoms with E-state index in [4.69, 9.17) is 0 Å². The average molecular weight is 960 g/mol. The highest BCUT2D eigenvalue weighted by Gasteiger charge is 2.52. The van der Waals surface area contributed by atoms with Gasteiger partial charge in [-0.15, -0.1) is 0 Å². The first-order chi connectivity index (χ1) is 33.4. The van der Waals surface area contributed by atoms with Crippen LogP contribution in [0.2, 0.25) is 0 Å². The van der Waals surface area contributed by atoms with E-state index in [1.54, 1.807) is 24.3 Å². The van der Waals surface area contributed by atoms with E-state index in [0.717, 1.165) is 88.5 Å². The molecule has 0 aromatic heterocycles. The summed E-state index contributed by atoms with van der Waals surface area (Å²) in [5.74, 6) is 0. The second-order valence-corrected chi connectivity index (χ2v) is 20.2. The monoisotopic (exact) mass is 958 g/mol. The Bertz CT molecular complexity index is 3480. The molecule has 0 fully saturated rings. The largest absolute Gasteiger partial charge is 0.336 e. The van der Waals surface area contributed by atoms with Gasteiger partial charge in [-0.2, -0.15) is 0 Å². The molecular weight excluding hydrogens is 917 g/mol. The van der Waals surface area contributed by atoms with Gasteiger partial charge in [-0.05, 0) is 140 Å². The molecule has 0 unspecified atom stereocenters. The van der Waals surface area contributed by atoms with Crippen molar-refractivity contribution in [3.05, 3.63) is 281 Å². The molecule has 0 atom stereocenters. The standard InChI is InChI=1S/C62H43BrN2O2S/c63-50-33-35-52(36-34-50)68(66,67)61-41-48(45-21-9-3-10-22-45)29-30-49(61)42-64-57-37-31-46(43-17-5-1-6-18-43)39-55(57)62(56-40-47(32-38-58(56)64)44-19-7-2-8-20-44)53-25-13-15-27-59(53)65(51-23-11-4-12-24-51)60-28-16-14-26-54(60)62/h1-41H,42H2. The van der Waals surface area contributed by atoms with Crippen LogP contribution >= 0.6 is 15.9 Å². The number of anilines is 5. The zero-order valence-corrected chi connectivity index (χ0v) is 39.3. The first-order valence-electron chi connectivity index (χ1n) is 22.8. The van der Waals surface area contributed by atoms with Gasteiger partial charge in [-0.25, -0.2) is 8.42 Å². The number of hydrogen-bond donors (Lipinski definition) is 0. The fraction of sp³-hybridized carbons (Fsp3) is 0.0323. The van der Waals surface area contributed by atoms with Crippen LogP contribution in [0.3, 0.4) is 0 Å². The van der Waals surface area contributed by atoms with Gasteiger partial charge in [-0.1, -0.05) is 186 Å². The lowest BCUT2D eigenvalue weighted by atomic mass is 9.59. The van der Waals surface area contributed by atoms with Crippen LogP contribution in [0.5, 0.6) is 0 Å². The Morgan fingerprint density at radius 2 is 0.809 bits per heavy atom. The number of nitrogens with zero attached hydrogens (tertiary/aromatic N) is 2. The summed E-state index contributed by atoms with van der Waals surface area (Å²) in [5.41, 5.74) is 15.9. The molecule has 10 aromatic carbocycles.